The summed E-state index contributed by atoms with van der Waals surface area (Å²) in [6.07, 6.45) is 5.91. The Labute approximate surface area is 251 Å². The highest BCUT2D eigenvalue weighted by atomic mass is 32.2. The third kappa shape index (κ3) is 5.08. The normalized spacial score (nSPS) is 20.5. The van der Waals surface area contributed by atoms with E-state index in [9.17, 15) is 18.3 Å². The van der Waals surface area contributed by atoms with Gasteiger partial charge in [-0.25, -0.2) is 18.1 Å². The van der Waals surface area contributed by atoms with Crippen LogP contribution in [-0.4, -0.2) is 62.9 Å². The number of pyridine rings is 1. The lowest BCUT2D eigenvalue weighted by Gasteiger charge is -2.26. The molecule has 1 saturated heterocycles. The number of sulfonamides is 1. The van der Waals surface area contributed by atoms with E-state index in [4.69, 9.17) is 0 Å². The highest BCUT2D eigenvalue weighted by molar-refractivity contribution is 7.89. The lowest BCUT2D eigenvalue weighted by molar-refractivity contribution is -0.137. The van der Waals surface area contributed by atoms with E-state index in [1.165, 1.54) is 12.8 Å². The Kier molecular flexibility index (Phi) is 6.97. The number of aliphatic carboxylic acids is 1. The fourth-order valence-corrected chi connectivity index (χ4v) is 8.42. The van der Waals surface area contributed by atoms with Crippen LogP contribution in [0.3, 0.4) is 0 Å². The minimum absolute atomic E-state index is 0.0666. The first kappa shape index (κ1) is 28.0. The van der Waals surface area contributed by atoms with Crippen molar-refractivity contribution < 1.29 is 18.3 Å². The summed E-state index contributed by atoms with van der Waals surface area (Å²) in [5.41, 5.74) is 6.25. The fourth-order valence-electron chi connectivity index (χ4n) is 6.82. The molecule has 2 atom stereocenters. The number of aromatic nitrogens is 4. The lowest BCUT2D eigenvalue weighted by Crippen LogP contribution is -2.39. The maximum absolute atomic E-state index is 14.0. The highest BCUT2D eigenvalue weighted by Gasteiger charge is 2.40. The second kappa shape index (κ2) is 10.7. The van der Waals surface area contributed by atoms with Crippen molar-refractivity contribution in [1.82, 2.24) is 24.3 Å². The van der Waals surface area contributed by atoms with E-state index in [-0.39, 0.29) is 23.9 Å². The Balaban J connectivity index is 1.25. The van der Waals surface area contributed by atoms with E-state index in [0.717, 1.165) is 64.8 Å². The van der Waals surface area contributed by atoms with Crippen molar-refractivity contribution in [2.45, 2.75) is 75.9 Å². The van der Waals surface area contributed by atoms with Crippen LogP contribution >= 0.6 is 0 Å². The molecule has 3 aliphatic rings. The van der Waals surface area contributed by atoms with Crippen LogP contribution in [0.2, 0.25) is 0 Å². The molecule has 2 fully saturated rings. The Bertz CT molecular complexity index is 1830. The van der Waals surface area contributed by atoms with Crippen LogP contribution < -0.4 is 4.90 Å². The molecule has 0 spiro atoms. The van der Waals surface area contributed by atoms with Gasteiger partial charge in [-0.1, -0.05) is 29.5 Å². The molecule has 0 amide bonds. The molecule has 1 aliphatic carbocycles. The average Bonchev–Trinajstić information content (AvgIpc) is 3.54. The van der Waals surface area contributed by atoms with Crippen LogP contribution in [0.25, 0.3) is 11.0 Å². The van der Waals surface area contributed by atoms with Crippen molar-refractivity contribution >= 4 is 32.8 Å². The molecule has 224 valence electrons. The van der Waals surface area contributed by atoms with E-state index in [1.807, 2.05) is 48.9 Å². The van der Waals surface area contributed by atoms with Crippen molar-refractivity contribution in [1.29, 1.82) is 0 Å². The van der Waals surface area contributed by atoms with Gasteiger partial charge in [0.2, 0.25) is 10.0 Å². The van der Waals surface area contributed by atoms with Crippen molar-refractivity contribution in [3.05, 3.63) is 76.5 Å². The van der Waals surface area contributed by atoms with Crippen LogP contribution in [0.4, 0.5) is 5.82 Å². The summed E-state index contributed by atoms with van der Waals surface area (Å²) in [5, 5.41) is 18.8. The summed E-state index contributed by atoms with van der Waals surface area (Å²) in [6.45, 7) is 6.19. The molecule has 1 N–H and O–H groups in total. The fraction of sp³-hybridized carbons (Fsp3) is 0.438. The summed E-state index contributed by atoms with van der Waals surface area (Å²) in [5.74, 6) is -0.125. The molecule has 4 heterocycles. The molecule has 2 aromatic heterocycles. The highest BCUT2D eigenvalue weighted by Crippen LogP contribution is 2.38. The van der Waals surface area contributed by atoms with Gasteiger partial charge in [-0.2, -0.15) is 4.31 Å². The number of benzene rings is 2. The topological polar surface area (TPSA) is 122 Å². The van der Waals surface area contributed by atoms with Gasteiger partial charge in [-0.3, -0.25) is 4.79 Å². The Hall–Kier alpha value is -3.83. The van der Waals surface area contributed by atoms with Gasteiger partial charge in [-0.05, 0) is 91.5 Å². The number of hydrogen-bond acceptors (Lipinski definition) is 7. The second-order valence-electron chi connectivity index (χ2n) is 12.3. The summed E-state index contributed by atoms with van der Waals surface area (Å²) in [7, 11) is -3.80. The number of carboxylic acids is 1. The first-order valence-electron chi connectivity index (χ1n) is 15.1. The maximum atomic E-state index is 14.0. The number of nitrogens with zero attached hydrogens (tertiary/aromatic N) is 6. The first-order chi connectivity index (χ1) is 20.7. The van der Waals surface area contributed by atoms with Crippen LogP contribution in [0, 0.1) is 19.8 Å². The summed E-state index contributed by atoms with van der Waals surface area (Å²) in [4.78, 5) is 19.0. The predicted molar refractivity (Wildman–Crippen MR) is 162 cm³/mol. The zero-order valence-corrected chi connectivity index (χ0v) is 25.3. The van der Waals surface area contributed by atoms with Gasteiger partial charge in [0.1, 0.15) is 16.2 Å². The zero-order valence-electron chi connectivity index (χ0n) is 24.5. The van der Waals surface area contributed by atoms with Gasteiger partial charge in [0.15, 0.2) is 0 Å². The number of aryl methyl sites for hydroxylation is 2. The molecule has 0 bridgehead atoms. The Morgan fingerprint density at radius 2 is 1.95 bits per heavy atom. The number of rotatable bonds is 8. The number of hydrogen-bond donors (Lipinski definition) is 1. The van der Waals surface area contributed by atoms with Crippen LogP contribution in [0.15, 0.2) is 53.6 Å². The molecule has 1 saturated carbocycles. The van der Waals surface area contributed by atoms with Gasteiger partial charge in [0.05, 0.1) is 11.9 Å². The molecular weight excluding hydrogens is 564 g/mol. The third-order valence-corrected chi connectivity index (χ3v) is 11.3. The van der Waals surface area contributed by atoms with Crippen LogP contribution in [0.5, 0.6) is 0 Å². The largest absolute Gasteiger partial charge is 0.481 e. The zero-order chi connectivity index (χ0) is 29.9. The van der Waals surface area contributed by atoms with Gasteiger partial charge >= 0.3 is 5.97 Å². The van der Waals surface area contributed by atoms with Crippen molar-refractivity contribution in [2.75, 3.05) is 18.0 Å². The molecular formula is C32H36N6O4S. The van der Waals surface area contributed by atoms with Gasteiger partial charge in [0.25, 0.3) is 0 Å². The first-order valence-corrected chi connectivity index (χ1v) is 16.5. The van der Waals surface area contributed by atoms with Crippen molar-refractivity contribution in [2.24, 2.45) is 5.92 Å². The molecule has 2 aromatic carbocycles. The van der Waals surface area contributed by atoms with Gasteiger partial charge < -0.3 is 10.0 Å². The van der Waals surface area contributed by atoms with Gasteiger partial charge in [0, 0.05) is 44.3 Å². The molecule has 10 nitrogen and oxygen atoms in total. The SMILES string of the molecule is Cc1ccc([C@H](CC(=O)O)c2ccc3c(nnn3CC3CC3)c2C)cc1CN1C[C@H]2CCCN2c2ncccc2S1(=O)=O. The minimum Gasteiger partial charge on any atom is -0.481 e. The summed E-state index contributed by atoms with van der Waals surface area (Å²) in [6, 6.07) is 13.3. The Morgan fingerprint density at radius 3 is 2.74 bits per heavy atom. The number of anilines is 1. The monoisotopic (exact) mass is 600 g/mol. The van der Waals surface area contributed by atoms with Gasteiger partial charge in [-0.15, -0.1) is 5.10 Å². The molecule has 11 heteroatoms. The molecule has 0 unspecified atom stereocenters. The minimum atomic E-state index is -3.80. The summed E-state index contributed by atoms with van der Waals surface area (Å²) < 4.78 is 31.5. The molecule has 4 aromatic rings. The third-order valence-electron chi connectivity index (χ3n) is 9.42. The van der Waals surface area contributed by atoms with E-state index in [2.05, 4.69) is 20.2 Å². The number of fused-ring (bicyclic) bond motifs is 4. The Morgan fingerprint density at radius 1 is 1.12 bits per heavy atom. The van der Waals surface area contributed by atoms with E-state index in [1.54, 1.807) is 22.6 Å². The van der Waals surface area contributed by atoms with E-state index in [0.29, 0.717) is 18.3 Å². The number of carboxylic acid groups (broad SMARTS) is 1. The standard InChI is InChI=1S/C32H36N6O4S/c1-20-7-10-23(27(16-30(39)40)26-11-12-28-31(21(26)2)34-35-38(28)17-22-8-9-22)15-24(20)18-36-19-25-5-4-14-37(25)32-29(43(36,41)42)6-3-13-33-32/h3,6-7,10-13,15,22,25,27H,4-5,8-9,14,16-19H2,1-2H3,(H,39,40)/t25-,27+/m1/s1. The molecule has 43 heavy (non-hydrogen) atoms. The maximum Gasteiger partial charge on any atom is 0.304 e. The molecule has 2 aliphatic heterocycles. The van der Waals surface area contributed by atoms with E-state index < -0.39 is 21.9 Å². The smallest absolute Gasteiger partial charge is 0.304 e. The quantitative estimate of drug-likeness (QED) is 0.311. The summed E-state index contributed by atoms with van der Waals surface area (Å²) >= 11 is 0. The predicted octanol–water partition coefficient (Wildman–Crippen LogP) is 4.63. The molecule has 7 rings (SSSR count). The van der Waals surface area contributed by atoms with Crippen molar-refractivity contribution in [3.63, 3.8) is 0 Å². The second-order valence-corrected chi connectivity index (χ2v) is 14.2. The lowest BCUT2D eigenvalue weighted by atomic mass is 9.84. The van der Waals surface area contributed by atoms with Crippen LogP contribution in [-0.2, 0) is 27.9 Å². The average molecular weight is 601 g/mol. The molecule has 0 radical (unpaired) electrons. The van der Waals surface area contributed by atoms with Crippen LogP contribution in [0.1, 0.15) is 65.8 Å². The number of carbonyl (C=O) groups is 1. The van der Waals surface area contributed by atoms with E-state index >= 15 is 0 Å². The van der Waals surface area contributed by atoms with Crippen molar-refractivity contribution in [3.8, 4) is 0 Å².